The zero-order chi connectivity index (χ0) is 19.3. The van der Waals surface area contributed by atoms with Crippen LogP contribution in [0.2, 0.25) is 0 Å². The first-order valence-corrected chi connectivity index (χ1v) is 9.62. The number of aliphatic hydroxyl groups is 1. The van der Waals surface area contributed by atoms with Crippen LogP contribution in [0.5, 0.6) is 0 Å². The lowest BCUT2D eigenvalue weighted by Gasteiger charge is -2.31. The lowest BCUT2D eigenvalue weighted by atomic mass is 9.85. The van der Waals surface area contributed by atoms with Crippen LogP contribution in [0.15, 0.2) is 84.9 Å². The third-order valence-electron chi connectivity index (χ3n) is 5.35. The molecule has 0 radical (unpaired) electrons. The van der Waals surface area contributed by atoms with Crippen LogP contribution in [0.1, 0.15) is 37.5 Å². The predicted molar refractivity (Wildman–Crippen MR) is 114 cm³/mol. The van der Waals surface area contributed by atoms with Crippen molar-refractivity contribution >= 4 is 5.69 Å². The maximum absolute atomic E-state index is 10.9. The molecule has 2 nitrogen and oxygen atoms in total. The molecule has 0 saturated carbocycles. The molecule has 140 valence electrons. The van der Waals surface area contributed by atoms with Gasteiger partial charge in [0, 0.05) is 18.8 Å². The van der Waals surface area contributed by atoms with Gasteiger partial charge in [0.15, 0.2) is 0 Å². The highest BCUT2D eigenvalue weighted by Gasteiger charge is 2.27. The molecule has 3 rings (SSSR count). The SMILES string of the molecule is CC(C)C(C)(O)c1cccc(N(Cc2ccccc2)Cc2ccccc2)c1. The van der Waals surface area contributed by atoms with Crippen molar-refractivity contribution in [3.8, 4) is 0 Å². The summed E-state index contributed by atoms with van der Waals surface area (Å²) in [5.74, 6) is 0.143. The lowest BCUT2D eigenvalue weighted by molar-refractivity contribution is 0.00908. The molecule has 1 N–H and O–H groups in total. The summed E-state index contributed by atoms with van der Waals surface area (Å²) in [5, 5.41) is 10.9. The van der Waals surface area contributed by atoms with Crippen molar-refractivity contribution in [3.63, 3.8) is 0 Å². The van der Waals surface area contributed by atoms with Crippen LogP contribution >= 0.6 is 0 Å². The fraction of sp³-hybridized carbons (Fsp3) is 0.280. The van der Waals surface area contributed by atoms with Gasteiger partial charge in [-0.1, -0.05) is 86.6 Å². The average molecular weight is 360 g/mol. The second-order valence-corrected chi connectivity index (χ2v) is 7.68. The average Bonchev–Trinajstić information content (AvgIpc) is 2.69. The van der Waals surface area contributed by atoms with Crippen LogP contribution in [-0.4, -0.2) is 5.11 Å². The van der Waals surface area contributed by atoms with Gasteiger partial charge in [0.05, 0.1) is 5.60 Å². The Morgan fingerprint density at radius 1 is 0.778 bits per heavy atom. The van der Waals surface area contributed by atoms with Gasteiger partial charge in [-0.25, -0.2) is 0 Å². The van der Waals surface area contributed by atoms with E-state index in [4.69, 9.17) is 0 Å². The fourth-order valence-corrected chi connectivity index (χ4v) is 3.20. The highest BCUT2D eigenvalue weighted by Crippen LogP contribution is 2.32. The minimum absolute atomic E-state index is 0.143. The van der Waals surface area contributed by atoms with E-state index in [9.17, 15) is 5.11 Å². The lowest BCUT2D eigenvalue weighted by Crippen LogP contribution is -2.29. The van der Waals surface area contributed by atoms with Gasteiger partial charge >= 0.3 is 0 Å². The fourth-order valence-electron chi connectivity index (χ4n) is 3.20. The van der Waals surface area contributed by atoms with Crippen molar-refractivity contribution in [1.29, 1.82) is 0 Å². The number of rotatable bonds is 7. The molecule has 0 saturated heterocycles. The zero-order valence-corrected chi connectivity index (χ0v) is 16.5. The van der Waals surface area contributed by atoms with Crippen molar-refractivity contribution in [2.24, 2.45) is 5.92 Å². The molecule has 0 aliphatic carbocycles. The molecule has 1 atom stereocenters. The Morgan fingerprint density at radius 3 is 1.78 bits per heavy atom. The van der Waals surface area contributed by atoms with Crippen LogP contribution in [0.4, 0.5) is 5.69 Å². The first-order valence-electron chi connectivity index (χ1n) is 9.62. The standard InChI is InChI=1S/C25H29NO/c1-20(2)25(3,27)23-15-10-16-24(17-23)26(18-21-11-6-4-7-12-21)19-22-13-8-5-9-14-22/h4-17,20,27H,18-19H2,1-3H3. The molecule has 3 aromatic carbocycles. The summed E-state index contributed by atoms with van der Waals surface area (Å²) in [6.07, 6.45) is 0. The maximum Gasteiger partial charge on any atom is 0.0892 e. The highest BCUT2D eigenvalue weighted by molar-refractivity contribution is 5.51. The molecule has 0 aliphatic rings. The van der Waals surface area contributed by atoms with E-state index in [1.807, 2.05) is 31.2 Å². The van der Waals surface area contributed by atoms with Gasteiger partial charge in [0.2, 0.25) is 0 Å². The molecule has 0 heterocycles. The highest BCUT2D eigenvalue weighted by atomic mass is 16.3. The van der Waals surface area contributed by atoms with E-state index in [1.54, 1.807) is 0 Å². The van der Waals surface area contributed by atoms with E-state index < -0.39 is 5.60 Å². The van der Waals surface area contributed by atoms with Crippen molar-refractivity contribution in [3.05, 3.63) is 102 Å². The second-order valence-electron chi connectivity index (χ2n) is 7.68. The Labute approximate surface area is 163 Å². The molecule has 0 bridgehead atoms. The van der Waals surface area contributed by atoms with E-state index in [2.05, 4.69) is 79.4 Å². The Balaban J connectivity index is 1.94. The van der Waals surface area contributed by atoms with Gasteiger partial charge in [0.1, 0.15) is 0 Å². The summed E-state index contributed by atoms with van der Waals surface area (Å²) in [4.78, 5) is 2.37. The molecular weight excluding hydrogens is 330 g/mol. The molecule has 27 heavy (non-hydrogen) atoms. The van der Waals surface area contributed by atoms with E-state index >= 15 is 0 Å². The Bertz CT molecular complexity index is 799. The Morgan fingerprint density at radius 2 is 1.30 bits per heavy atom. The van der Waals surface area contributed by atoms with Crippen LogP contribution in [0.25, 0.3) is 0 Å². The molecule has 3 aromatic rings. The van der Waals surface area contributed by atoms with Gasteiger partial charge in [-0.3, -0.25) is 0 Å². The van der Waals surface area contributed by atoms with E-state index in [0.29, 0.717) is 0 Å². The third kappa shape index (κ3) is 4.78. The molecule has 1 unspecified atom stereocenters. The normalized spacial score (nSPS) is 13.4. The summed E-state index contributed by atoms with van der Waals surface area (Å²) in [6, 6.07) is 29.4. The minimum Gasteiger partial charge on any atom is -0.385 e. The van der Waals surface area contributed by atoms with Gasteiger partial charge < -0.3 is 10.0 Å². The number of benzene rings is 3. The van der Waals surface area contributed by atoms with Crippen LogP contribution < -0.4 is 4.90 Å². The molecule has 0 aliphatic heterocycles. The van der Waals surface area contributed by atoms with Gasteiger partial charge in [0.25, 0.3) is 0 Å². The van der Waals surface area contributed by atoms with Crippen molar-refractivity contribution in [2.45, 2.75) is 39.5 Å². The summed E-state index contributed by atoms with van der Waals surface area (Å²) < 4.78 is 0. The molecular formula is C25H29NO. The maximum atomic E-state index is 10.9. The molecule has 0 fully saturated rings. The summed E-state index contributed by atoms with van der Waals surface area (Å²) in [6.45, 7) is 7.65. The van der Waals surface area contributed by atoms with Crippen molar-refractivity contribution in [1.82, 2.24) is 0 Å². The molecule has 0 aromatic heterocycles. The van der Waals surface area contributed by atoms with Crippen molar-refractivity contribution < 1.29 is 5.11 Å². The van der Waals surface area contributed by atoms with E-state index in [-0.39, 0.29) is 5.92 Å². The first kappa shape index (κ1) is 19.2. The van der Waals surface area contributed by atoms with Crippen LogP contribution in [0.3, 0.4) is 0 Å². The molecule has 2 heteroatoms. The van der Waals surface area contributed by atoms with Gasteiger partial charge in [-0.15, -0.1) is 0 Å². The molecule has 0 amide bonds. The predicted octanol–water partition coefficient (Wildman–Crippen LogP) is 5.76. The number of hydrogen-bond acceptors (Lipinski definition) is 2. The molecule has 0 spiro atoms. The van der Waals surface area contributed by atoms with Gasteiger partial charge in [-0.05, 0) is 41.7 Å². The smallest absolute Gasteiger partial charge is 0.0892 e. The second kappa shape index (κ2) is 8.41. The number of nitrogens with zero attached hydrogens (tertiary/aromatic N) is 1. The number of anilines is 1. The largest absolute Gasteiger partial charge is 0.385 e. The third-order valence-corrected chi connectivity index (χ3v) is 5.35. The van der Waals surface area contributed by atoms with Gasteiger partial charge in [-0.2, -0.15) is 0 Å². The minimum atomic E-state index is -0.846. The van der Waals surface area contributed by atoms with Crippen LogP contribution in [-0.2, 0) is 18.7 Å². The Hall–Kier alpha value is -2.58. The van der Waals surface area contributed by atoms with E-state index in [0.717, 1.165) is 24.3 Å². The van der Waals surface area contributed by atoms with Crippen molar-refractivity contribution in [2.75, 3.05) is 4.90 Å². The van der Waals surface area contributed by atoms with E-state index in [1.165, 1.54) is 11.1 Å². The first-order chi connectivity index (χ1) is 13.0. The quantitative estimate of drug-likeness (QED) is 0.580. The Kier molecular flexibility index (Phi) is 5.98. The van der Waals surface area contributed by atoms with Crippen LogP contribution in [0, 0.1) is 5.92 Å². The summed E-state index contributed by atoms with van der Waals surface area (Å²) in [7, 11) is 0. The topological polar surface area (TPSA) is 23.5 Å². The summed E-state index contributed by atoms with van der Waals surface area (Å²) in [5.41, 5.74) is 3.78. The monoisotopic (exact) mass is 359 g/mol. The zero-order valence-electron chi connectivity index (χ0n) is 16.5. The number of hydrogen-bond donors (Lipinski definition) is 1. The summed E-state index contributed by atoms with van der Waals surface area (Å²) >= 11 is 0.